The Bertz CT molecular complexity index is 353. The van der Waals surface area contributed by atoms with Gasteiger partial charge in [-0.2, -0.15) is 0 Å². The van der Waals surface area contributed by atoms with E-state index in [1.54, 1.807) is 0 Å². The zero-order chi connectivity index (χ0) is 15.0. The highest BCUT2D eigenvalue weighted by Gasteiger charge is 2.48. The topological polar surface area (TPSA) is 47.6 Å². The Balaban J connectivity index is 2.05. The van der Waals surface area contributed by atoms with Gasteiger partial charge in [-0.3, -0.25) is 4.79 Å². The molecule has 0 unspecified atom stereocenters. The van der Waals surface area contributed by atoms with Crippen LogP contribution in [0.4, 0.5) is 0 Å². The second kappa shape index (κ2) is 5.64. The van der Waals surface area contributed by atoms with Gasteiger partial charge in [0.1, 0.15) is 5.60 Å². The summed E-state index contributed by atoms with van der Waals surface area (Å²) in [5, 5.41) is 3.50. The lowest BCUT2D eigenvalue weighted by Crippen LogP contribution is -2.45. The van der Waals surface area contributed by atoms with Gasteiger partial charge in [0, 0.05) is 18.8 Å². The number of hydrogen-bond donors (Lipinski definition) is 1. The van der Waals surface area contributed by atoms with Crippen molar-refractivity contribution in [2.45, 2.75) is 58.6 Å². The number of ether oxygens (including phenoxy) is 2. The summed E-state index contributed by atoms with van der Waals surface area (Å²) in [6.07, 6.45) is 2.18. The molecule has 0 radical (unpaired) electrons. The maximum absolute atomic E-state index is 12.6. The molecule has 2 aliphatic rings. The highest BCUT2D eigenvalue weighted by Crippen LogP contribution is 2.38. The number of esters is 1. The van der Waals surface area contributed by atoms with Crippen molar-refractivity contribution in [1.29, 1.82) is 0 Å². The molecule has 0 aromatic carbocycles. The average Bonchev–Trinajstić information content (AvgIpc) is 2.84. The molecule has 1 N–H and O–H groups in total. The molecule has 4 nitrogen and oxygen atoms in total. The summed E-state index contributed by atoms with van der Waals surface area (Å²) < 4.78 is 11.1. The summed E-state index contributed by atoms with van der Waals surface area (Å²) in [4.78, 5) is 12.6. The summed E-state index contributed by atoms with van der Waals surface area (Å²) in [6, 6.07) is 0. The van der Waals surface area contributed by atoms with Crippen molar-refractivity contribution in [3.05, 3.63) is 0 Å². The SMILES string of the molecule is CC(C)(C)OC(=O)[C@H]1[C@H](C[C@H]2CCOC2)CNC1(C)C. The third kappa shape index (κ3) is 3.73. The molecule has 2 saturated heterocycles. The van der Waals surface area contributed by atoms with Crippen LogP contribution in [0.2, 0.25) is 0 Å². The molecular formula is C16H29NO3. The first-order valence-corrected chi connectivity index (χ1v) is 7.75. The van der Waals surface area contributed by atoms with Crippen LogP contribution >= 0.6 is 0 Å². The summed E-state index contributed by atoms with van der Waals surface area (Å²) in [6.45, 7) is 12.6. The van der Waals surface area contributed by atoms with Gasteiger partial charge in [0.15, 0.2) is 0 Å². The smallest absolute Gasteiger partial charge is 0.311 e. The van der Waals surface area contributed by atoms with Gasteiger partial charge in [0.05, 0.1) is 5.92 Å². The van der Waals surface area contributed by atoms with E-state index in [1.165, 1.54) is 0 Å². The molecule has 4 heteroatoms. The van der Waals surface area contributed by atoms with Gasteiger partial charge in [-0.05, 0) is 65.8 Å². The van der Waals surface area contributed by atoms with Gasteiger partial charge in [-0.15, -0.1) is 0 Å². The van der Waals surface area contributed by atoms with E-state index in [0.29, 0.717) is 11.8 Å². The lowest BCUT2D eigenvalue weighted by molar-refractivity contribution is -0.163. The van der Waals surface area contributed by atoms with E-state index in [0.717, 1.165) is 32.6 Å². The Kier molecular flexibility index (Phi) is 4.45. The van der Waals surface area contributed by atoms with E-state index in [2.05, 4.69) is 19.2 Å². The maximum atomic E-state index is 12.6. The standard InChI is InChI=1S/C16H29NO3/c1-15(2,3)20-14(18)13-12(9-17-16(13,4)5)8-11-6-7-19-10-11/h11-13,17H,6-10H2,1-5H3/t11-,12-,13-/m1/s1. The summed E-state index contributed by atoms with van der Waals surface area (Å²) in [5.74, 6) is 0.825. The fourth-order valence-corrected chi connectivity index (χ4v) is 3.48. The van der Waals surface area contributed by atoms with Crippen molar-refractivity contribution in [1.82, 2.24) is 5.32 Å². The normalized spacial score (nSPS) is 33.4. The van der Waals surface area contributed by atoms with Gasteiger partial charge in [0.25, 0.3) is 0 Å². The van der Waals surface area contributed by atoms with E-state index < -0.39 is 5.60 Å². The molecule has 0 bridgehead atoms. The predicted molar refractivity (Wildman–Crippen MR) is 78.4 cm³/mol. The lowest BCUT2D eigenvalue weighted by atomic mass is 9.78. The van der Waals surface area contributed by atoms with E-state index in [9.17, 15) is 4.79 Å². The van der Waals surface area contributed by atoms with E-state index in [-0.39, 0.29) is 17.4 Å². The van der Waals surface area contributed by atoms with Crippen LogP contribution < -0.4 is 5.32 Å². The molecule has 0 aliphatic carbocycles. The molecule has 0 spiro atoms. The van der Waals surface area contributed by atoms with Gasteiger partial charge in [-0.1, -0.05) is 0 Å². The molecule has 2 aliphatic heterocycles. The van der Waals surface area contributed by atoms with Crippen LogP contribution in [0.15, 0.2) is 0 Å². The first kappa shape index (κ1) is 15.8. The van der Waals surface area contributed by atoms with Crippen molar-refractivity contribution < 1.29 is 14.3 Å². The molecular weight excluding hydrogens is 254 g/mol. The minimum Gasteiger partial charge on any atom is -0.460 e. The number of carbonyl (C=O) groups excluding carboxylic acids is 1. The van der Waals surface area contributed by atoms with Gasteiger partial charge in [0.2, 0.25) is 0 Å². The van der Waals surface area contributed by atoms with Crippen molar-refractivity contribution in [2.24, 2.45) is 17.8 Å². The molecule has 2 heterocycles. The highest BCUT2D eigenvalue weighted by molar-refractivity contribution is 5.75. The minimum atomic E-state index is -0.420. The van der Waals surface area contributed by atoms with Gasteiger partial charge in [-0.25, -0.2) is 0 Å². The molecule has 116 valence electrons. The van der Waals surface area contributed by atoms with E-state index in [4.69, 9.17) is 9.47 Å². The molecule has 3 atom stereocenters. The quantitative estimate of drug-likeness (QED) is 0.808. The van der Waals surface area contributed by atoms with Crippen molar-refractivity contribution in [2.75, 3.05) is 19.8 Å². The third-order valence-electron chi connectivity index (χ3n) is 4.39. The van der Waals surface area contributed by atoms with Crippen LogP contribution in [0.25, 0.3) is 0 Å². The zero-order valence-electron chi connectivity index (χ0n) is 13.5. The fraction of sp³-hybridized carbons (Fsp3) is 0.938. The first-order chi connectivity index (χ1) is 9.19. The molecule has 0 amide bonds. The summed E-state index contributed by atoms with van der Waals surface area (Å²) >= 11 is 0. The Morgan fingerprint density at radius 1 is 1.40 bits per heavy atom. The van der Waals surface area contributed by atoms with Gasteiger partial charge < -0.3 is 14.8 Å². The molecule has 0 aromatic heterocycles. The second-order valence-corrected chi connectivity index (χ2v) is 7.84. The fourth-order valence-electron chi connectivity index (χ4n) is 3.48. The van der Waals surface area contributed by atoms with Crippen molar-refractivity contribution in [3.8, 4) is 0 Å². The van der Waals surface area contributed by atoms with E-state index in [1.807, 2.05) is 20.8 Å². The Morgan fingerprint density at radius 2 is 2.10 bits per heavy atom. The van der Waals surface area contributed by atoms with Crippen molar-refractivity contribution >= 4 is 5.97 Å². The average molecular weight is 283 g/mol. The lowest BCUT2D eigenvalue weighted by Gasteiger charge is -2.32. The highest BCUT2D eigenvalue weighted by atomic mass is 16.6. The first-order valence-electron chi connectivity index (χ1n) is 7.75. The summed E-state index contributed by atoms with van der Waals surface area (Å²) in [5.41, 5.74) is -0.608. The molecule has 2 rings (SSSR count). The number of carbonyl (C=O) groups is 1. The Hall–Kier alpha value is -0.610. The number of rotatable bonds is 3. The largest absolute Gasteiger partial charge is 0.460 e. The second-order valence-electron chi connectivity index (χ2n) is 7.84. The molecule has 0 saturated carbocycles. The predicted octanol–water partition coefficient (Wildman–Crippen LogP) is 2.37. The van der Waals surface area contributed by atoms with Crippen LogP contribution in [0.1, 0.15) is 47.5 Å². The molecule has 20 heavy (non-hydrogen) atoms. The van der Waals surface area contributed by atoms with Crippen LogP contribution in [-0.4, -0.2) is 36.9 Å². The number of nitrogens with one attached hydrogen (secondary N) is 1. The molecule has 0 aromatic rings. The monoisotopic (exact) mass is 283 g/mol. The number of hydrogen-bond acceptors (Lipinski definition) is 4. The van der Waals surface area contributed by atoms with Crippen molar-refractivity contribution in [3.63, 3.8) is 0 Å². The van der Waals surface area contributed by atoms with Crippen LogP contribution in [0, 0.1) is 17.8 Å². The summed E-state index contributed by atoms with van der Waals surface area (Å²) in [7, 11) is 0. The Labute approximate surface area is 122 Å². The molecule has 2 fully saturated rings. The zero-order valence-corrected chi connectivity index (χ0v) is 13.5. The van der Waals surface area contributed by atoms with Gasteiger partial charge >= 0.3 is 5.97 Å². The minimum absolute atomic E-state index is 0.0589. The van der Waals surface area contributed by atoms with Crippen LogP contribution in [-0.2, 0) is 14.3 Å². The van der Waals surface area contributed by atoms with Crippen LogP contribution in [0.3, 0.4) is 0 Å². The Morgan fingerprint density at radius 3 is 2.65 bits per heavy atom. The van der Waals surface area contributed by atoms with Crippen LogP contribution in [0.5, 0.6) is 0 Å². The van der Waals surface area contributed by atoms with E-state index >= 15 is 0 Å². The third-order valence-corrected chi connectivity index (χ3v) is 4.39. The maximum Gasteiger partial charge on any atom is 0.311 e.